The van der Waals surface area contributed by atoms with Crippen molar-refractivity contribution in [1.29, 1.82) is 0 Å². The van der Waals surface area contributed by atoms with Crippen molar-refractivity contribution in [3.05, 3.63) is 220 Å². The fourth-order valence-electron chi connectivity index (χ4n) is 10.0. The van der Waals surface area contributed by atoms with Gasteiger partial charge in [-0.2, -0.15) is 0 Å². The first-order valence-electron chi connectivity index (χ1n) is 20.4. The maximum absolute atomic E-state index is 4.29. The van der Waals surface area contributed by atoms with Crippen LogP contribution in [0.3, 0.4) is 0 Å². The second kappa shape index (κ2) is 14.6. The molecule has 2 heterocycles. The summed E-state index contributed by atoms with van der Waals surface area (Å²) in [6.07, 6.45) is 7.36. The highest BCUT2D eigenvalue weighted by molar-refractivity contribution is 5.91. The zero-order chi connectivity index (χ0) is 39.3. The summed E-state index contributed by atoms with van der Waals surface area (Å²) in [6, 6.07) is 56.9. The number of hydrogen-bond acceptors (Lipinski definition) is 2. The monoisotopic (exact) mass is 738 g/mol. The molecule has 2 nitrogen and oxygen atoms in total. The molecule has 280 valence electrons. The third-order valence-corrected chi connectivity index (χ3v) is 12.3. The van der Waals surface area contributed by atoms with Crippen LogP contribution in [0.25, 0.3) is 16.7 Å². The molecule has 0 saturated carbocycles. The Bertz CT molecular complexity index is 2620. The van der Waals surface area contributed by atoms with Gasteiger partial charge in [0, 0.05) is 28.2 Å². The predicted octanol–water partition coefficient (Wildman–Crippen LogP) is 15.2. The lowest BCUT2D eigenvalue weighted by Gasteiger charge is -2.36. The van der Waals surface area contributed by atoms with Crippen LogP contribution in [-0.2, 0) is 5.41 Å². The lowest BCUT2D eigenvalue weighted by Crippen LogP contribution is -2.28. The molecule has 57 heavy (non-hydrogen) atoms. The standard InChI is InChI=1S/C55H50N2/c1-7-42-19-17-18-30-55(44-20-11-8-12-21-44)51-35-47(56(45-22-13-9-14-23-45)53-38(3)31-37(2)32-39(53)4)26-28-49(51)50-29-27-48(36-52(50)55)57(46-24-15-10-16-25-46)54-40(5)33-43(42)34-41(54)6/h7-16,19-29,31-36H,1,17-18,30H2,2-6H3/b42-19-. The minimum atomic E-state index is -0.390. The SMILES string of the molecule is C=C/C1=C/CCCC2(c3ccccc3)c3cc(N(c4ccccc4)c4c(C)cc(C)cc4C)ccc3-c3ccc(cc32)N(c2ccccc2)c2c(C)cc1cc2C. The molecule has 1 unspecified atom stereocenters. The summed E-state index contributed by atoms with van der Waals surface area (Å²) in [6.45, 7) is 15.5. The van der Waals surface area contributed by atoms with Crippen LogP contribution in [0.4, 0.5) is 34.1 Å². The Hall–Kier alpha value is -6.38. The molecule has 4 bridgehead atoms. The molecule has 0 N–H and O–H groups in total. The summed E-state index contributed by atoms with van der Waals surface area (Å²) in [5.74, 6) is 0. The van der Waals surface area contributed by atoms with Crippen LogP contribution in [-0.4, -0.2) is 0 Å². The minimum Gasteiger partial charge on any atom is -0.310 e. The van der Waals surface area contributed by atoms with Crippen molar-refractivity contribution < 1.29 is 0 Å². The van der Waals surface area contributed by atoms with Gasteiger partial charge in [0.15, 0.2) is 0 Å². The van der Waals surface area contributed by atoms with Crippen molar-refractivity contribution in [3.63, 3.8) is 0 Å². The number of fused-ring (bicyclic) bond motifs is 7. The fraction of sp³-hybridized carbons (Fsp3) is 0.164. The highest BCUT2D eigenvalue weighted by Gasteiger charge is 2.45. The van der Waals surface area contributed by atoms with Crippen LogP contribution in [0.5, 0.6) is 0 Å². The van der Waals surface area contributed by atoms with Crippen molar-refractivity contribution in [2.24, 2.45) is 0 Å². The average Bonchev–Trinajstić information content (AvgIpc) is 3.50. The lowest BCUT2D eigenvalue weighted by atomic mass is 9.69. The van der Waals surface area contributed by atoms with Crippen molar-refractivity contribution in [1.82, 2.24) is 0 Å². The number of aryl methyl sites for hydroxylation is 5. The Morgan fingerprint density at radius 3 is 1.82 bits per heavy atom. The first-order chi connectivity index (χ1) is 27.8. The van der Waals surface area contributed by atoms with E-state index in [4.69, 9.17) is 0 Å². The highest BCUT2D eigenvalue weighted by Crippen LogP contribution is 2.58. The van der Waals surface area contributed by atoms with Crippen LogP contribution in [0.2, 0.25) is 0 Å². The van der Waals surface area contributed by atoms with Crippen LogP contribution in [0.1, 0.15) is 69.3 Å². The van der Waals surface area contributed by atoms with Gasteiger partial charge < -0.3 is 9.80 Å². The van der Waals surface area contributed by atoms with Gasteiger partial charge in [0.25, 0.3) is 0 Å². The van der Waals surface area contributed by atoms with Crippen LogP contribution in [0, 0.1) is 34.6 Å². The fourth-order valence-corrected chi connectivity index (χ4v) is 10.0. The molecule has 7 aromatic rings. The second-order valence-electron chi connectivity index (χ2n) is 16.0. The van der Waals surface area contributed by atoms with E-state index in [0.717, 1.165) is 30.6 Å². The lowest BCUT2D eigenvalue weighted by molar-refractivity contribution is 0.548. The van der Waals surface area contributed by atoms with Gasteiger partial charge in [0.05, 0.1) is 11.4 Å². The van der Waals surface area contributed by atoms with Gasteiger partial charge in [-0.3, -0.25) is 0 Å². The molecule has 2 aliphatic heterocycles. The third-order valence-electron chi connectivity index (χ3n) is 12.3. The molecule has 2 heteroatoms. The second-order valence-corrected chi connectivity index (χ2v) is 16.0. The number of para-hydroxylation sites is 2. The van der Waals surface area contributed by atoms with Gasteiger partial charge in [-0.15, -0.1) is 0 Å². The summed E-state index contributed by atoms with van der Waals surface area (Å²) in [7, 11) is 0. The zero-order valence-corrected chi connectivity index (χ0v) is 33.8. The normalized spacial score (nSPS) is 16.7. The zero-order valence-electron chi connectivity index (χ0n) is 33.8. The van der Waals surface area contributed by atoms with Crippen LogP contribution < -0.4 is 9.80 Å². The number of hydrogen-bond donors (Lipinski definition) is 0. The molecule has 0 saturated heterocycles. The average molecular weight is 739 g/mol. The van der Waals surface area contributed by atoms with E-state index >= 15 is 0 Å². The third kappa shape index (κ3) is 6.12. The van der Waals surface area contributed by atoms with Gasteiger partial charge in [-0.05, 0) is 176 Å². The Morgan fingerprint density at radius 2 is 1.18 bits per heavy atom. The summed E-state index contributed by atoms with van der Waals surface area (Å²) in [5.41, 5.74) is 22.1. The molecule has 3 aliphatic rings. The first-order valence-corrected chi connectivity index (χ1v) is 20.4. The number of allylic oxidation sites excluding steroid dienone is 3. The minimum absolute atomic E-state index is 0.390. The van der Waals surface area contributed by atoms with E-state index in [9.17, 15) is 0 Å². The van der Waals surface area contributed by atoms with Gasteiger partial charge in [0.2, 0.25) is 0 Å². The highest BCUT2D eigenvalue weighted by atomic mass is 15.2. The van der Waals surface area contributed by atoms with Crippen LogP contribution in [0.15, 0.2) is 170 Å². The molecule has 0 fully saturated rings. The molecule has 0 amide bonds. The summed E-state index contributed by atoms with van der Waals surface area (Å²) >= 11 is 0. The molecular weight excluding hydrogens is 689 g/mol. The van der Waals surface area contributed by atoms with Gasteiger partial charge in [-0.25, -0.2) is 0 Å². The topological polar surface area (TPSA) is 6.48 Å². The number of anilines is 6. The predicted molar refractivity (Wildman–Crippen MR) is 243 cm³/mol. The largest absolute Gasteiger partial charge is 0.310 e. The van der Waals surface area contributed by atoms with Gasteiger partial charge in [0.1, 0.15) is 0 Å². The van der Waals surface area contributed by atoms with Crippen LogP contribution >= 0.6 is 0 Å². The molecule has 10 rings (SSSR count). The first kappa shape index (κ1) is 36.3. The van der Waals surface area contributed by atoms with E-state index in [2.05, 4.69) is 209 Å². The maximum atomic E-state index is 4.29. The number of rotatable bonds is 6. The van der Waals surface area contributed by atoms with Gasteiger partial charge in [-0.1, -0.05) is 115 Å². The summed E-state index contributed by atoms with van der Waals surface area (Å²) in [5, 5.41) is 0. The number of nitrogens with zero attached hydrogens (tertiary/aromatic N) is 2. The van der Waals surface area contributed by atoms with Gasteiger partial charge >= 0.3 is 0 Å². The summed E-state index contributed by atoms with van der Waals surface area (Å²) < 4.78 is 0. The van der Waals surface area contributed by atoms with E-state index < -0.39 is 0 Å². The molecule has 1 atom stereocenters. The van der Waals surface area contributed by atoms with E-state index in [1.165, 1.54) is 89.5 Å². The number of benzene rings is 7. The molecular formula is C55H50N2. The van der Waals surface area contributed by atoms with E-state index in [1.54, 1.807) is 0 Å². The Balaban J connectivity index is 1.34. The van der Waals surface area contributed by atoms with Crippen molar-refractivity contribution in [2.75, 3.05) is 9.80 Å². The van der Waals surface area contributed by atoms with Crippen molar-refractivity contribution in [2.45, 2.75) is 59.3 Å². The maximum Gasteiger partial charge on any atom is 0.0520 e. The molecule has 0 aromatic heterocycles. The van der Waals surface area contributed by atoms with E-state index in [-0.39, 0.29) is 5.41 Å². The Morgan fingerprint density at radius 1 is 0.579 bits per heavy atom. The Labute approximate surface area is 339 Å². The summed E-state index contributed by atoms with van der Waals surface area (Å²) in [4.78, 5) is 4.95. The molecule has 0 radical (unpaired) electrons. The molecule has 7 aromatic carbocycles. The van der Waals surface area contributed by atoms with E-state index in [0.29, 0.717) is 0 Å². The van der Waals surface area contributed by atoms with Crippen molar-refractivity contribution in [3.8, 4) is 11.1 Å². The molecule has 0 spiro atoms. The smallest absolute Gasteiger partial charge is 0.0520 e. The Kier molecular flexibility index (Phi) is 9.29. The van der Waals surface area contributed by atoms with Crippen molar-refractivity contribution >= 4 is 39.7 Å². The van der Waals surface area contributed by atoms with E-state index in [1.807, 2.05) is 6.08 Å². The molecule has 1 aliphatic carbocycles. The quantitative estimate of drug-likeness (QED) is 0.168.